The first-order valence-electron chi connectivity index (χ1n) is 11.9. The summed E-state index contributed by atoms with van der Waals surface area (Å²) in [6.07, 6.45) is -1.52. The molecule has 14 nitrogen and oxygen atoms in total. The molecular formula is C24H26N4O10S. The lowest BCUT2D eigenvalue weighted by Gasteiger charge is -2.35. The Morgan fingerprint density at radius 2 is 1.44 bits per heavy atom. The normalized spacial score (nSPS) is 22.6. The van der Waals surface area contributed by atoms with Crippen LogP contribution in [0.2, 0.25) is 0 Å². The molecule has 0 unspecified atom stereocenters. The lowest BCUT2D eigenvalue weighted by molar-refractivity contribution is -0.385. The van der Waals surface area contributed by atoms with Crippen molar-refractivity contribution in [3.8, 4) is 0 Å². The van der Waals surface area contributed by atoms with Crippen molar-refractivity contribution >= 4 is 36.2 Å². The van der Waals surface area contributed by atoms with Crippen LogP contribution in [0.1, 0.15) is 17.5 Å². The minimum atomic E-state index is -0.747. The molecule has 15 heteroatoms. The van der Waals surface area contributed by atoms with Crippen molar-refractivity contribution in [2.75, 3.05) is 19.8 Å². The van der Waals surface area contributed by atoms with Crippen molar-refractivity contribution in [3.05, 3.63) is 79.9 Å². The van der Waals surface area contributed by atoms with Gasteiger partial charge in [-0.15, -0.1) is 0 Å². The fourth-order valence-electron chi connectivity index (χ4n) is 4.15. The van der Waals surface area contributed by atoms with Crippen LogP contribution in [-0.2, 0) is 32.2 Å². The molecule has 2 saturated heterocycles. The number of likely N-dealkylation sites (tertiary alicyclic amines) is 1. The van der Waals surface area contributed by atoms with Gasteiger partial charge in [-0.25, -0.2) is 9.59 Å². The number of carbonyl (C=O) groups excluding carboxylic acids is 2. The molecule has 1 N–H and O–H groups in total. The van der Waals surface area contributed by atoms with E-state index in [9.17, 15) is 29.8 Å². The number of alkyl carbamates (subject to hydrolysis) is 1. The second kappa shape index (κ2) is 12.7. The zero-order chi connectivity index (χ0) is 27.9. The van der Waals surface area contributed by atoms with Gasteiger partial charge >= 0.3 is 12.2 Å². The number of thiol groups is 1. The van der Waals surface area contributed by atoms with Gasteiger partial charge in [-0.3, -0.25) is 25.1 Å². The minimum Gasteiger partial charge on any atom is -0.445 e. The van der Waals surface area contributed by atoms with Crippen molar-refractivity contribution in [2.24, 2.45) is 0 Å². The van der Waals surface area contributed by atoms with E-state index in [0.717, 1.165) is 0 Å². The third-order valence-corrected chi connectivity index (χ3v) is 6.52. The van der Waals surface area contributed by atoms with Crippen LogP contribution in [0, 0.1) is 20.2 Å². The summed E-state index contributed by atoms with van der Waals surface area (Å²) in [5.41, 5.74) is 1.08. The number of hydrogen-bond donors (Lipinski definition) is 2. The van der Waals surface area contributed by atoms with E-state index < -0.39 is 40.4 Å². The van der Waals surface area contributed by atoms with Gasteiger partial charge in [-0.2, -0.15) is 12.6 Å². The first-order valence-corrected chi connectivity index (χ1v) is 12.5. The zero-order valence-electron chi connectivity index (χ0n) is 20.5. The molecule has 2 aliphatic rings. The molecule has 2 atom stereocenters. The van der Waals surface area contributed by atoms with E-state index in [0.29, 0.717) is 24.1 Å². The van der Waals surface area contributed by atoms with Gasteiger partial charge in [0.1, 0.15) is 13.2 Å². The molecular weight excluding hydrogens is 536 g/mol. The Hall–Kier alpha value is -3.95. The maximum atomic E-state index is 12.8. The number of non-ortho nitro benzene ring substituents is 2. The standard InChI is InChI=1S/C24H26N4O10S/c29-23(37-11-15-1-5-18(6-2-15)27(31)32)25-17-13-35-22(36-14-17)21-9-20(39)10-26(21)24(30)38-12-16-3-7-19(8-4-16)28(33)34/h1-8,17,20-22,39H,9-14H2,(H,25,29)/t17?,20-,21-,22?/m0/s1. The maximum Gasteiger partial charge on any atom is 0.410 e. The summed E-state index contributed by atoms with van der Waals surface area (Å²) in [5, 5.41) is 24.0. The van der Waals surface area contributed by atoms with Gasteiger partial charge in [0.05, 0.1) is 35.1 Å². The SMILES string of the molecule is O=C(NC1COC([C@@H]2C[C@H](S)CN2C(=O)OCc2ccc([N+](=O)[O-])cc2)OC1)OCc1ccc([N+](=O)[O-])cc1. The van der Waals surface area contributed by atoms with Gasteiger partial charge in [0, 0.05) is 36.1 Å². The van der Waals surface area contributed by atoms with Crippen LogP contribution < -0.4 is 5.32 Å². The number of ether oxygens (including phenoxy) is 4. The van der Waals surface area contributed by atoms with Gasteiger partial charge in [-0.1, -0.05) is 0 Å². The van der Waals surface area contributed by atoms with E-state index in [1.165, 1.54) is 53.4 Å². The number of rotatable bonds is 8. The molecule has 0 spiro atoms. The van der Waals surface area contributed by atoms with Crippen LogP contribution in [0.25, 0.3) is 0 Å². The molecule has 0 aromatic heterocycles. The predicted octanol–water partition coefficient (Wildman–Crippen LogP) is 3.18. The fourth-order valence-corrected chi connectivity index (χ4v) is 4.54. The van der Waals surface area contributed by atoms with Crippen LogP contribution in [0.3, 0.4) is 0 Å². The van der Waals surface area contributed by atoms with E-state index in [1.54, 1.807) is 0 Å². The quantitative estimate of drug-likeness (QED) is 0.276. The summed E-state index contributed by atoms with van der Waals surface area (Å²) in [4.78, 5) is 46.9. The third-order valence-electron chi connectivity index (χ3n) is 6.14. The van der Waals surface area contributed by atoms with Crippen molar-refractivity contribution in [1.29, 1.82) is 0 Å². The predicted molar refractivity (Wildman–Crippen MR) is 137 cm³/mol. The van der Waals surface area contributed by atoms with Crippen molar-refractivity contribution < 1.29 is 38.4 Å². The molecule has 39 heavy (non-hydrogen) atoms. The molecule has 208 valence electrons. The highest BCUT2D eigenvalue weighted by atomic mass is 32.1. The Bertz CT molecular complexity index is 1190. The Morgan fingerprint density at radius 3 is 1.95 bits per heavy atom. The molecule has 0 bridgehead atoms. The average molecular weight is 563 g/mol. The molecule has 2 fully saturated rings. The summed E-state index contributed by atoms with van der Waals surface area (Å²) in [5.74, 6) is 0. The number of amides is 2. The molecule has 2 heterocycles. The smallest absolute Gasteiger partial charge is 0.410 e. The van der Waals surface area contributed by atoms with E-state index in [-0.39, 0.29) is 43.1 Å². The van der Waals surface area contributed by atoms with Crippen LogP contribution in [0.5, 0.6) is 0 Å². The first-order chi connectivity index (χ1) is 18.7. The number of nitro groups is 2. The summed E-state index contributed by atoms with van der Waals surface area (Å²) >= 11 is 4.49. The zero-order valence-corrected chi connectivity index (χ0v) is 21.4. The lowest BCUT2D eigenvalue weighted by atomic mass is 10.2. The van der Waals surface area contributed by atoms with Crippen LogP contribution >= 0.6 is 12.6 Å². The fraction of sp³-hybridized carbons (Fsp3) is 0.417. The van der Waals surface area contributed by atoms with E-state index in [4.69, 9.17) is 18.9 Å². The molecule has 0 saturated carbocycles. The topological polar surface area (TPSA) is 173 Å². The maximum absolute atomic E-state index is 12.8. The van der Waals surface area contributed by atoms with Crippen LogP contribution in [-0.4, -0.2) is 70.3 Å². The Labute approximate surface area is 227 Å². The Morgan fingerprint density at radius 1 is 0.923 bits per heavy atom. The number of carbonyl (C=O) groups is 2. The summed E-state index contributed by atoms with van der Waals surface area (Å²) in [7, 11) is 0. The number of hydrogen-bond acceptors (Lipinski definition) is 11. The molecule has 4 rings (SSSR count). The summed E-state index contributed by atoms with van der Waals surface area (Å²) in [6.45, 7) is 0.446. The van der Waals surface area contributed by atoms with E-state index in [2.05, 4.69) is 17.9 Å². The molecule has 2 amide bonds. The highest BCUT2D eigenvalue weighted by molar-refractivity contribution is 7.81. The number of nitro benzene ring substituents is 2. The van der Waals surface area contributed by atoms with Crippen molar-refractivity contribution in [3.63, 3.8) is 0 Å². The van der Waals surface area contributed by atoms with Crippen LogP contribution in [0.15, 0.2) is 48.5 Å². The number of nitrogens with zero attached hydrogens (tertiary/aromatic N) is 3. The van der Waals surface area contributed by atoms with Gasteiger partial charge in [0.15, 0.2) is 6.29 Å². The molecule has 2 aliphatic heterocycles. The molecule has 2 aromatic carbocycles. The van der Waals surface area contributed by atoms with Gasteiger partial charge in [-0.05, 0) is 41.8 Å². The lowest BCUT2D eigenvalue weighted by Crippen LogP contribution is -2.53. The molecule has 2 aromatic rings. The number of nitrogens with one attached hydrogen (secondary N) is 1. The summed E-state index contributed by atoms with van der Waals surface area (Å²) in [6, 6.07) is 10.4. The molecule has 0 aliphatic carbocycles. The largest absolute Gasteiger partial charge is 0.445 e. The second-order valence-corrected chi connectivity index (χ2v) is 9.69. The first kappa shape index (κ1) is 28.1. The minimum absolute atomic E-state index is 0.0558. The van der Waals surface area contributed by atoms with E-state index >= 15 is 0 Å². The van der Waals surface area contributed by atoms with Gasteiger partial charge in [0.25, 0.3) is 11.4 Å². The Balaban J connectivity index is 1.21. The average Bonchev–Trinajstić information content (AvgIpc) is 3.33. The van der Waals surface area contributed by atoms with Gasteiger partial charge in [0.2, 0.25) is 0 Å². The van der Waals surface area contributed by atoms with Crippen molar-refractivity contribution in [2.45, 2.75) is 43.3 Å². The van der Waals surface area contributed by atoms with E-state index in [1.807, 2.05) is 0 Å². The monoisotopic (exact) mass is 562 g/mol. The summed E-state index contributed by atoms with van der Waals surface area (Å²) < 4.78 is 22.2. The highest BCUT2D eigenvalue weighted by Gasteiger charge is 2.42. The third kappa shape index (κ3) is 7.55. The number of benzene rings is 2. The Kier molecular flexibility index (Phi) is 9.16. The van der Waals surface area contributed by atoms with Crippen molar-refractivity contribution in [1.82, 2.24) is 10.2 Å². The molecule has 0 radical (unpaired) electrons. The highest BCUT2D eigenvalue weighted by Crippen LogP contribution is 2.29. The van der Waals surface area contributed by atoms with Gasteiger partial charge < -0.3 is 24.3 Å². The second-order valence-electron chi connectivity index (χ2n) is 8.96. The van der Waals surface area contributed by atoms with Crippen LogP contribution in [0.4, 0.5) is 21.0 Å².